The number of likely N-dealkylation sites (tertiary alicyclic amines) is 1. The lowest BCUT2D eigenvalue weighted by atomic mass is 10.1. The van der Waals surface area contributed by atoms with Crippen LogP contribution in [0.4, 0.5) is 0 Å². The highest BCUT2D eigenvalue weighted by Crippen LogP contribution is 2.13. The maximum atomic E-state index is 9.08. The van der Waals surface area contributed by atoms with Gasteiger partial charge in [0.05, 0.1) is 18.2 Å². The molecule has 0 radical (unpaired) electrons. The van der Waals surface area contributed by atoms with Crippen molar-refractivity contribution in [3.8, 4) is 6.07 Å². The van der Waals surface area contributed by atoms with E-state index in [0.29, 0.717) is 12.1 Å². The Morgan fingerprint density at radius 3 is 2.89 bits per heavy atom. The summed E-state index contributed by atoms with van der Waals surface area (Å²) in [5.41, 5.74) is 0. The summed E-state index contributed by atoms with van der Waals surface area (Å²) in [6, 6.07) is 2.68. The van der Waals surface area contributed by atoms with Crippen LogP contribution in [0.1, 0.15) is 40.0 Å². The summed E-state index contributed by atoms with van der Waals surface area (Å²) < 4.78 is 5.69. The highest BCUT2D eigenvalue weighted by atomic mass is 16.5. The maximum absolute atomic E-state index is 9.08. The molecular formula is C14H27N3O. The molecule has 2 atom stereocenters. The van der Waals surface area contributed by atoms with Crippen molar-refractivity contribution in [1.82, 2.24) is 10.2 Å². The zero-order chi connectivity index (χ0) is 13.4. The Morgan fingerprint density at radius 2 is 2.28 bits per heavy atom. The molecule has 1 aliphatic heterocycles. The van der Waals surface area contributed by atoms with Crippen molar-refractivity contribution in [1.29, 1.82) is 5.26 Å². The summed E-state index contributed by atoms with van der Waals surface area (Å²) in [6.07, 6.45) is 3.67. The first kappa shape index (κ1) is 15.4. The summed E-state index contributed by atoms with van der Waals surface area (Å²) in [6.45, 7) is 10.2. The van der Waals surface area contributed by atoms with Gasteiger partial charge in [0.25, 0.3) is 0 Å². The van der Waals surface area contributed by atoms with Crippen LogP contribution in [0.25, 0.3) is 0 Å². The lowest BCUT2D eigenvalue weighted by molar-refractivity contribution is 0.00536. The van der Waals surface area contributed by atoms with Gasteiger partial charge in [-0.25, -0.2) is 0 Å². The maximum Gasteiger partial charge on any atom is 0.0967 e. The average molecular weight is 253 g/mol. The molecule has 4 heteroatoms. The second-order valence-corrected chi connectivity index (χ2v) is 5.31. The summed E-state index contributed by atoms with van der Waals surface area (Å²) in [4.78, 5) is 2.43. The van der Waals surface area contributed by atoms with Gasteiger partial charge in [-0.1, -0.05) is 0 Å². The third kappa shape index (κ3) is 5.81. The molecule has 1 saturated heterocycles. The molecule has 1 aliphatic rings. The zero-order valence-electron chi connectivity index (χ0n) is 12.0. The number of nitriles is 1. The average Bonchev–Trinajstić information content (AvgIpc) is 2.35. The number of hydrogen-bond donors (Lipinski definition) is 1. The van der Waals surface area contributed by atoms with Crippen molar-refractivity contribution in [2.24, 2.45) is 0 Å². The van der Waals surface area contributed by atoms with Gasteiger partial charge in [-0.2, -0.15) is 5.26 Å². The molecule has 1 N–H and O–H groups in total. The molecule has 2 unspecified atom stereocenters. The SMILES string of the molecule is CCOC1CCCN(CCC(C#N)NC(C)C)C1. The first-order valence-electron chi connectivity index (χ1n) is 7.15. The van der Waals surface area contributed by atoms with Crippen LogP contribution in [0.3, 0.4) is 0 Å². The third-order valence-electron chi connectivity index (χ3n) is 3.29. The highest BCUT2D eigenvalue weighted by Gasteiger charge is 2.20. The molecule has 4 nitrogen and oxygen atoms in total. The second kappa shape index (κ2) is 8.47. The Balaban J connectivity index is 2.27. The first-order chi connectivity index (χ1) is 8.65. The fourth-order valence-corrected chi connectivity index (χ4v) is 2.49. The molecule has 1 heterocycles. The van der Waals surface area contributed by atoms with Crippen LogP contribution in [0.15, 0.2) is 0 Å². The molecule has 18 heavy (non-hydrogen) atoms. The van der Waals surface area contributed by atoms with E-state index in [1.54, 1.807) is 0 Å². The lowest BCUT2D eigenvalue weighted by Gasteiger charge is -2.33. The van der Waals surface area contributed by atoms with E-state index >= 15 is 0 Å². The molecule has 0 aliphatic carbocycles. The van der Waals surface area contributed by atoms with E-state index in [9.17, 15) is 0 Å². The van der Waals surface area contributed by atoms with Gasteiger partial charge in [0.2, 0.25) is 0 Å². The van der Waals surface area contributed by atoms with E-state index in [4.69, 9.17) is 10.00 Å². The molecule has 0 aromatic carbocycles. The number of piperidine rings is 1. The van der Waals surface area contributed by atoms with E-state index in [1.807, 2.05) is 0 Å². The van der Waals surface area contributed by atoms with Gasteiger partial charge in [0.15, 0.2) is 0 Å². The molecule has 0 spiro atoms. The normalized spacial score (nSPS) is 22.9. The second-order valence-electron chi connectivity index (χ2n) is 5.31. The number of hydrogen-bond acceptors (Lipinski definition) is 4. The van der Waals surface area contributed by atoms with Crippen molar-refractivity contribution >= 4 is 0 Å². The summed E-state index contributed by atoms with van der Waals surface area (Å²) in [5.74, 6) is 0. The smallest absolute Gasteiger partial charge is 0.0967 e. The van der Waals surface area contributed by atoms with E-state index < -0.39 is 0 Å². The van der Waals surface area contributed by atoms with Gasteiger partial charge in [-0.05, 0) is 46.6 Å². The topological polar surface area (TPSA) is 48.3 Å². The van der Waals surface area contributed by atoms with Gasteiger partial charge in [-0.15, -0.1) is 0 Å². The Labute approximate surface area is 111 Å². The molecular weight excluding hydrogens is 226 g/mol. The predicted molar refractivity (Wildman–Crippen MR) is 73.4 cm³/mol. The van der Waals surface area contributed by atoms with Crippen LogP contribution < -0.4 is 5.32 Å². The van der Waals surface area contributed by atoms with E-state index in [0.717, 1.165) is 32.7 Å². The molecule has 104 valence electrons. The largest absolute Gasteiger partial charge is 0.377 e. The van der Waals surface area contributed by atoms with Crippen LogP contribution in [0.2, 0.25) is 0 Å². The van der Waals surface area contributed by atoms with Gasteiger partial charge in [-0.3, -0.25) is 5.32 Å². The minimum atomic E-state index is -0.0301. The number of ether oxygens (including phenoxy) is 1. The van der Waals surface area contributed by atoms with Crippen molar-refractivity contribution < 1.29 is 4.74 Å². The van der Waals surface area contributed by atoms with E-state index in [-0.39, 0.29) is 6.04 Å². The van der Waals surface area contributed by atoms with Crippen LogP contribution >= 0.6 is 0 Å². The van der Waals surface area contributed by atoms with Crippen molar-refractivity contribution in [3.63, 3.8) is 0 Å². The third-order valence-corrected chi connectivity index (χ3v) is 3.29. The minimum absolute atomic E-state index is 0.0301. The zero-order valence-corrected chi connectivity index (χ0v) is 12.0. The van der Waals surface area contributed by atoms with Crippen molar-refractivity contribution in [2.75, 3.05) is 26.2 Å². The molecule has 0 bridgehead atoms. The first-order valence-corrected chi connectivity index (χ1v) is 7.15. The van der Waals surface area contributed by atoms with Crippen LogP contribution in [0, 0.1) is 11.3 Å². The van der Waals surface area contributed by atoms with Gasteiger partial charge in [0, 0.05) is 25.7 Å². The van der Waals surface area contributed by atoms with Gasteiger partial charge in [0.1, 0.15) is 0 Å². The lowest BCUT2D eigenvalue weighted by Crippen LogP contribution is -2.42. The van der Waals surface area contributed by atoms with Crippen molar-refractivity contribution in [2.45, 2.75) is 58.2 Å². The molecule has 0 aromatic rings. The molecule has 0 aromatic heterocycles. The Hall–Kier alpha value is -0.630. The fourth-order valence-electron chi connectivity index (χ4n) is 2.49. The number of nitrogens with zero attached hydrogens (tertiary/aromatic N) is 2. The number of nitrogens with one attached hydrogen (secondary N) is 1. The van der Waals surface area contributed by atoms with E-state index in [2.05, 4.69) is 37.1 Å². The standard InChI is InChI=1S/C14H27N3O/c1-4-18-14-6-5-8-17(11-14)9-7-13(10-15)16-12(2)3/h12-14,16H,4-9,11H2,1-3H3. The molecule has 1 rings (SSSR count). The number of rotatable bonds is 7. The monoisotopic (exact) mass is 253 g/mol. The van der Waals surface area contributed by atoms with Crippen LogP contribution in [0.5, 0.6) is 0 Å². The quantitative estimate of drug-likeness (QED) is 0.751. The van der Waals surface area contributed by atoms with Crippen LogP contribution in [-0.2, 0) is 4.74 Å². The molecule has 0 amide bonds. The Bertz CT molecular complexity index is 260. The summed E-state index contributed by atoms with van der Waals surface area (Å²) in [5, 5.41) is 12.4. The van der Waals surface area contributed by atoms with Gasteiger partial charge >= 0.3 is 0 Å². The molecule has 0 saturated carbocycles. The fraction of sp³-hybridized carbons (Fsp3) is 0.929. The Kier molecular flexibility index (Phi) is 7.26. The summed E-state index contributed by atoms with van der Waals surface area (Å²) >= 11 is 0. The minimum Gasteiger partial charge on any atom is -0.377 e. The predicted octanol–water partition coefficient (Wildman–Crippen LogP) is 1.77. The van der Waals surface area contributed by atoms with Crippen LogP contribution in [-0.4, -0.2) is 49.3 Å². The van der Waals surface area contributed by atoms with Gasteiger partial charge < -0.3 is 9.64 Å². The Morgan fingerprint density at radius 1 is 1.50 bits per heavy atom. The van der Waals surface area contributed by atoms with Crippen molar-refractivity contribution in [3.05, 3.63) is 0 Å². The van der Waals surface area contributed by atoms with E-state index in [1.165, 1.54) is 12.8 Å². The summed E-state index contributed by atoms with van der Waals surface area (Å²) in [7, 11) is 0. The highest BCUT2D eigenvalue weighted by molar-refractivity contribution is 4.91. The molecule has 1 fully saturated rings.